The number of aromatic nitrogens is 2. The van der Waals surface area contributed by atoms with Crippen molar-refractivity contribution in [2.24, 2.45) is 0 Å². The van der Waals surface area contributed by atoms with Crippen molar-refractivity contribution >= 4 is 18.3 Å². The highest BCUT2D eigenvalue weighted by molar-refractivity contribution is 5.94. The van der Waals surface area contributed by atoms with Crippen molar-refractivity contribution in [3.63, 3.8) is 0 Å². The third-order valence-corrected chi connectivity index (χ3v) is 5.80. The van der Waals surface area contributed by atoms with E-state index in [0.717, 1.165) is 43.6 Å². The van der Waals surface area contributed by atoms with Crippen molar-refractivity contribution in [1.82, 2.24) is 20.8 Å². The summed E-state index contributed by atoms with van der Waals surface area (Å²) in [6.07, 6.45) is 5.63. The third kappa shape index (κ3) is 3.51. The summed E-state index contributed by atoms with van der Waals surface area (Å²) in [7, 11) is 0. The number of benzene rings is 1. The van der Waals surface area contributed by atoms with Crippen LogP contribution >= 0.6 is 12.4 Å². The molecule has 1 aromatic heterocycles. The molecule has 3 N–H and O–H groups in total. The van der Waals surface area contributed by atoms with Gasteiger partial charge in [0.15, 0.2) is 5.69 Å². The molecule has 0 atom stereocenters. The maximum atomic E-state index is 12.8. The zero-order chi connectivity index (χ0) is 17.3. The Morgan fingerprint density at radius 3 is 2.88 bits per heavy atom. The van der Waals surface area contributed by atoms with Crippen LogP contribution in [-0.4, -0.2) is 29.2 Å². The van der Waals surface area contributed by atoms with Gasteiger partial charge in [0.1, 0.15) is 0 Å². The van der Waals surface area contributed by atoms with Crippen molar-refractivity contribution in [1.29, 1.82) is 0 Å². The van der Waals surface area contributed by atoms with Crippen LogP contribution in [0.1, 0.15) is 58.6 Å². The molecule has 1 aliphatic heterocycles. The SMILES string of the molecule is Cc1cccc(C2(CNC(=O)c3n[nH]c4c3CNCC4)CCCC2)c1.Cl. The molecular weight excluding hydrogens is 348 g/mol. The lowest BCUT2D eigenvalue weighted by atomic mass is 9.78. The van der Waals surface area contributed by atoms with Crippen LogP contribution in [0.25, 0.3) is 0 Å². The first kappa shape index (κ1) is 18.9. The molecule has 140 valence electrons. The van der Waals surface area contributed by atoms with Crippen molar-refractivity contribution in [3.05, 3.63) is 52.3 Å². The van der Waals surface area contributed by atoms with Gasteiger partial charge in [-0.05, 0) is 25.3 Å². The van der Waals surface area contributed by atoms with E-state index in [9.17, 15) is 4.79 Å². The van der Waals surface area contributed by atoms with Crippen LogP contribution in [0, 0.1) is 6.92 Å². The van der Waals surface area contributed by atoms with E-state index in [1.54, 1.807) is 0 Å². The highest BCUT2D eigenvalue weighted by Crippen LogP contribution is 2.40. The van der Waals surface area contributed by atoms with Crippen LogP contribution in [0.5, 0.6) is 0 Å². The Balaban J connectivity index is 0.00000196. The number of nitrogens with one attached hydrogen (secondary N) is 3. The van der Waals surface area contributed by atoms with Crippen LogP contribution in [-0.2, 0) is 18.4 Å². The fourth-order valence-corrected chi connectivity index (χ4v) is 4.34. The Morgan fingerprint density at radius 1 is 1.31 bits per heavy atom. The van der Waals surface area contributed by atoms with Gasteiger partial charge in [0.2, 0.25) is 0 Å². The number of carbonyl (C=O) groups is 1. The van der Waals surface area contributed by atoms with Gasteiger partial charge in [-0.15, -0.1) is 12.4 Å². The lowest BCUT2D eigenvalue weighted by Crippen LogP contribution is -2.39. The predicted molar refractivity (Wildman–Crippen MR) is 105 cm³/mol. The van der Waals surface area contributed by atoms with Gasteiger partial charge in [0.05, 0.1) is 0 Å². The molecule has 0 bridgehead atoms. The predicted octanol–water partition coefficient (Wildman–Crippen LogP) is 3.03. The molecule has 0 saturated heterocycles. The normalized spacial score (nSPS) is 18.0. The summed E-state index contributed by atoms with van der Waals surface area (Å²) < 4.78 is 0. The molecule has 1 fully saturated rings. The average molecular weight is 375 g/mol. The van der Waals surface area contributed by atoms with Crippen LogP contribution in [0.2, 0.25) is 0 Å². The van der Waals surface area contributed by atoms with E-state index < -0.39 is 0 Å². The second-order valence-corrected chi connectivity index (χ2v) is 7.50. The fourth-order valence-electron chi connectivity index (χ4n) is 4.34. The van der Waals surface area contributed by atoms with Gasteiger partial charge >= 0.3 is 0 Å². The topological polar surface area (TPSA) is 69.8 Å². The fraction of sp³-hybridized carbons (Fsp3) is 0.500. The van der Waals surface area contributed by atoms with E-state index in [-0.39, 0.29) is 23.7 Å². The minimum atomic E-state index is -0.0554. The summed E-state index contributed by atoms with van der Waals surface area (Å²) in [6, 6.07) is 8.75. The standard InChI is InChI=1S/C20H26N4O.ClH/c1-14-5-4-6-15(11-14)20(8-2-3-9-20)13-22-19(25)18-16-12-21-10-7-17(16)23-24-18;/h4-6,11,21H,2-3,7-10,12-13H2,1H3,(H,22,25)(H,23,24);1H. The van der Waals surface area contributed by atoms with E-state index in [2.05, 4.69) is 52.0 Å². The zero-order valence-electron chi connectivity index (χ0n) is 15.2. The van der Waals surface area contributed by atoms with E-state index >= 15 is 0 Å². The lowest BCUT2D eigenvalue weighted by Gasteiger charge is -2.30. The molecule has 6 heteroatoms. The molecule has 1 aliphatic carbocycles. The summed E-state index contributed by atoms with van der Waals surface area (Å²) in [5.41, 5.74) is 5.38. The number of fused-ring (bicyclic) bond motifs is 1. The Labute approximate surface area is 160 Å². The van der Waals surface area contributed by atoms with Crippen LogP contribution in [0.3, 0.4) is 0 Å². The Morgan fingerprint density at radius 2 is 2.12 bits per heavy atom. The second kappa shape index (κ2) is 7.80. The number of amides is 1. The largest absolute Gasteiger partial charge is 0.350 e. The number of aromatic amines is 1. The zero-order valence-corrected chi connectivity index (χ0v) is 16.0. The number of carbonyl (C=O) groups excluding carboxylic acids is 1. The number of H-pyrrole nitrogens is 1. The lowest BCUT2D eigenvalue weighted by molar-refractivity contribution is 0.0937. The Bertz CT molecular complexity index is 780. The van der Waals surface area contributed by atoms with E-state index in [0.29, 0.717) is 12.2 Å². The van der Waals surface area contributed by atoms with E-state index in [1.165, 1.54) is 24.0 Å². The van der Waals surface area contributed by atoms with Crippen LogP contribution in [0.15, 0.2) is 24.3 Å². The molecule has 0 spiro atoms. The first-order valence-electron chi connectivity index (χ1n) is 9.30. The summed E-state index contributed by atoms with van der Waals surface area (Å²) in [6.45, 7) is 4.47. The molecule has 26 heavy (non-hydrogen) atoms. The average Bonchev–Trinajstić information content (AvgIpc) is 3.28. The van der Waals surface area contributed by atoms with Crippen molar-refractivity contribution in [3.8, 4) is 0 Å². The molecule has 0 unspecified atom stereocenters. The van der Waals surface area contributed by atoms with Crippen LogP contribution in [0.4, 0.5) is 0 Å². The number of hydrogen-bond acceptors (Lipinski definition) is 3. The summed E-state index contributed by atoms with van der Waals surface area (Å²) >= 11 is 0. The molecule has 5 nitrogen and oxygen atoms in total. The van der Waals surface area contributed by atoms with Crippen molar-refractivity contribution in [2.45, 2.75) is 51.0 Å². The minimum Gasteiger partial charge on any atom is -0.350 e. The van der Waals surface area contributed by atoms with Gasteiger partial charge in [-0.25, -0.2) is 0 Å². The maximum absolute atomic E-state index is 12.8. The smallest absolute Gasteiger partial charge is 0.272 e. The number of hydrogen-bond donors (Lipinski definition) is 3. The molecule has 1 amide bonds. The monoisotopic (exact) mass is 374 g/mol. The number of aryl methyl sites for hydroxylation is 1. The maximum Gasteiger partial charge on any atom is 0.272 e. The van der Waals surface area contributed by atoms with Gasteiger partial charge < -0.3 is 10.6 Å². The van der Waals surface area contributed by atoms with E-state index in [4.69, 9.17) is 0 Å². The Hall–Kier alpha value is -1.85. The molecule has 2 heterocycles. The molecule has 1 saturated carbocycles. The van der Waals surface area contributed by atoms with Gasteiger partial charge in [-0.1, -0.05) is 42.7 Å². The molecule has 1 aromatic carbocycles. The molecule has 2 aromatic rings. The molecule has 2 aliphatic rings. The van der Waals surface area contributed by atoms with Crippen molar-refractivity contribution in [2.75, 3.05) is 13.1 Å². The van der Waals surface area contributed by atoms with Gasteiger partial charge in [-0.2, -0.15) is 5.10 Å². The van der Waals surface area contributed by atoms with E-state index in [1.807, 2.05) is 0 Å². The summed E-state index contributed by atoms with van der Waals surface area (Å²) in [4.78, 5) is 12.8. The molecular formula is C20H27ClN4O. The molecule has 4 rings (SSSR count). The first-order chi connectivity index (χ1) is 12.2. The summed E-state index contributed by atoms with van der Waals surface area (Å²) in [5.74, 6) is -0.0554. The number of nitrogens with zero attached hydrogens (tertiary/aromatic N) is 1. The second-order valence-electron chi connectivity index (χ2n) is 7.50. The van der Waals surface area contributed by atoms with Crippen LogP contribution < -0.4 is 10.6 Å². The Kier molecular flexibility index (Phi) is 5.68. The highest BCUT2D eigenvalue weighted by atomic mass is 35.5. The number of rotatable bonds is 4. The minimum absolute atomic E-state index is 0. The quantitative estimate of drug-likeness (QED) is 0.770. The molecule has 0 radical (unpaired) electrons. The highest BCUT2D eigenvalue weighted by Gasteiger charge is 2.36. The van der Waals surface area contributed by atoms with Gasteiger partial charge in [0, 0.05) is 42.7 Å². The van der Waals surface area contributed by atoms with Gasteiger partial charge in [-0.3, -0.25) is 9.89 Å². The summed E-state index contributed by atoms with van der Waals surface area (Å²) in [5, 5.41) is 13.8. The number of halogens is 1. The van der Waals surface area contributed by atoms with Crippen molar-refractivity contribution < 1.29 is 4.79 Å². The third-order valence-electron chi connectivity index (χ3n) is 5.80. The first-order valence-corrected chi connectivity index (χ1v) is 9.30. The van der Waals surface area contributed by atoms with Gasteiger partial charge in [0.25, 0.3) is 5.91 Å².